The fourth-order valence-corrected chi connectivity index (χ4v) is 1.28. The van der Waals surface area contributed by atoms with Crippen LogP contribution in [-0.4, -0.2) is 34.2 Å². The molecule has 1 amide bonds. The minimum Gasteiger partial charge on any atom is -0.396 e. The highest BCUT2D eigenvalue weighted by atomic mass is 16.2. The van der Waals surface area contributed by atoms with Crippen LogP contribution in [0.5, 0.6) is 0 Å². The van der Waals surface area contributed by atoms with Crippen LogP contribution in [0.4, 0.5) is 5.69 Å². The molecule has 0 aliphatic heterocycles. The lowest BCUT2D eigenvalue weighted by molar-refractivity contribution is -0.131. The standard InChI is InChI=1S/C10H15N5O/c1-8(3-11)5-14(2)10(16)7-15-6-9(12)4-13-15/h4,6,8H,5,7,12H2,1-2H3. The normalized spacial score (nSPS) is 11.8. The van der Waals surface area contributed by atoms with Gasteiger partial charge in [0.05, 0.1) is 23.9 Å². The molecule has 1 aromatic rings. The third kappa shape index (κ3) is 3.28. The SMILES string of the molecule is CC(C#N)CN(C)C(=O)Cn1cc(N)cn1. The Morgan fingerprint density at radius 3 is 3.00 bits per heavy atom. The number of likely N-dealkylation sites (N-methyl/N-ethyl adjacent to an activating group) is 1. The van der Waals surface area contributed by atoms with E-state index in [2.05, 4.69) is 11.2 Å². The number of hydrogen-bond acceptors (Lipinski definition) is 4. The molecule has 0 saturated heterocycles. The van der Waals surface area contributed by atoms with E-state index in [0.717, 1.165) is 0 Å². The van der Waals surface area contributed by atoms with Crippen LogP contribution in [0.25, 0.3) is 0 Å². The van der Waals surface area contributed by atoms with E-state index in [1.54, 1.807) is 20.2 Å². The molecule has 0 saturated carbocycles. The summed E-state index contributed by atoms with van der Waals surface area (Å²) < 4.78 is 1.48. The van der Waals surface area contributed by atoms with Gasteiger partial charge >= 0.3 is 0 Å². The van der Waals surface area contributed by atoms with E-state index >= 15 is 0 Å². The number of nitrogens with zero attached hydrogens (tertiary/aromatic N) is 4. The van der Waals surface area contributed by atoms with Gasteiger partial charge in [-0.1, -0.05) is 0 Å². The zero-order valence-electron chi connectivity index (χ0n) is 9.42. The second-order valence-electron chi connectivity index (χ2n) is 3.78. The van der Waals surface area contributed by atoms with Gasteiger partial charge in [-0.05, 0) is 6.92 Å². The first-order valence-electron chi connectivity index (χ1n) is 4.94. The van der Waals surface area contributed by atoms with Crippen molar-refractivity contribution in [3.05, 3.63) is 12.4 Å². The number of anilines is 1. The van der Waals surface area contributed by atoms with Crippen molar-refractivity contribution in [3.8, 4) is 6.07 Å². The average molecular weight is 221 g/mol. The summed E-state index contributed by atoms with van der Waals surface area (Å²) in [4.78, 5) is 13.2. The third-order valence-electron chi connectivity index (χ3n) is 2.14. The highest BCUT2D eigenvalue weighted by Crippen LogP contribution is 2.01. The molecule has 0 radical (unpaired) electrons. The Labute approximate surface area is 94.2 Å². The molecule has 1 aromatic heterocycles. The highest BCUT2D eigenvalue weighted by molar-refractivity contribution is 5.75. The summed E-state index contributed by atoms with van der Waals surface area (Å²) in [7, 11) is 1.67. The van der Waals surface area contributed by atoms with Crippen LogP contribution >= 0.6 is 0 Å². The fourth-order valence-electron chi connectivity index (χ4n) is 1.28. The Balaban J connectivity index is 2.49. The zero-order chi connectivity index (χ0) is 12.1. The second-order valence-corrected chi connectivity index (χ2v) is 3.78. The monoisotopic (exact) mass is 221 g/mol. The molecule has 0 aliphatic carbocycles. The quantitative estimate of drug-likeness (QED) is 0.780. The Kier molecular flexibility index (Phi) is 3.89. The first kappa shape index (κ1) is 12.0. The van der Waals surface area contributed by atoms with E-state index in [0.29, 0.717) is 12.2 Å². The first-order chi connectivity index (χ1) is 7.52. The lowest BCUT2D eigenvalue weighted by Crippen LogP contribution is -2.33. The topological polar surface area (TPSA) is 87.9 Å². The van der Waals surface area contributed by atoms with Gasteiger partial charge in [-0.15, -0.1) is 0 Å². The smallest absolute Gasteiger partial charge is 0.244 e. The molecule has 6 heteroatoms. The summed E-state index contributed by atoms with van der Waals surface area (Å²) in [5.41, 5.74) is 6.01. The number of amides is 1. The lowest BCUT2D eigenvalue weighted by Gasteiger charge is -2.18. The number of nitrogen functional groups attached to an aromatic ring is 1. The summed E-state index contributed by atoms with van der Waals surface area (Å²) in [6.45, 7) is 2.34. The number of nitrogens with two attached hydrogens (primary N) is 1. The van der Waals surface area contributed by atoms with Crippen molar-refractivity contribution < 1.29 is 4.79 Å². The van der Waals surface area contributed by atoms with Gasteiger partial charge < -0.3 is 10.6 Å². The highest BCUT2D eigenvalue weighted by Gasteiger charge is 2.12. The number of aromatic nitrogens is 2. The van der Waals surface area contributed by atoms with E-state index in [1.807, 2.05) is 0 Å². The summed E-state index contributed by atoms with van der Waals surface area (Å²) in [5, 5.41) is 12.6. The Morgan fingerprint density at radius 1 is 1.81 bits per heavy atom. The third-order valence-corrected chi connectivity index (χ3v) is 2.14. The van der Waals surface area contributed by atoms with Gasteiger partial charge in [0, 0.05) is 19.8 Å². The maximum absolute atomic E-state index is 11.7. The molecule has 1 heterocycles. The Hall–Kier alpha value is -2.03. The van der Waals surface area contributed by atoms with E-state index in [-0.39, 0.29) is 18.4 Å². The van der Waals surface area contributed by atoms with Gasteiger partial charge in [0.1, 0.15) is 6.54 Å². The molecule has 1 unspecified atom stereocenters. The molecule has 86 valence electrons. The Bertz CT molecular complexity index is 406. The van der Waals surface area contributed by atoms with Crippen LogP contribution in [0, 0.1) is 17.2 Å². The van der Waals surface area contributed by atoms with Gasteiger partial charge in [0.25, 0.3) is 0 Å². The maximum atomic E-state index is 11.7. The number of carbonyl (C=O) groups excluding carboxylic acids is 1. The molecular weight excluding hydrogens is 206 g/mol. The number of rotatable bonds is 4. The molecule has 16 heavy (non-hydrogen) atoms. The number of hydrogen-bond donors (Lipinski definition) is 1. The van der Waals surface area contributed by atoms with Gasteiger partial charge in [-0.25, -0.2) is 0 Å². The van der Waals surface area contributed by atoms with Crippen LogP contribution in [-0.2, 0) is 11.3 Å². The largest absolute Gasteiger partial charge is 0.396 e. The molecule has 0 spiro atoms. The Morgan fingerprint density at radius 2 is 2.50 bits per heavy atom. The molecule has 0 fully saturated rings. The van der Waals surface area contributed by atoms with Crippen molar-refractivity contribution in [1.82, 2.24) is 14.7 Å². The molecule has 0 bridgehead atoms. The minimum atomic E-state index is -0.170. The molecule has 0 aliphatic rings. The van der Waals surface area contributed by atoms with Gasteiger partial charge in [-0.3, -0.25) is 9.48 Å². The molecule has 1 rings (SSSR count). The zero-order valence-corrected chi connectivity index (χ0v) is 9.42. The van der Waals surface area contributed by atoms with Crippen molar-refractivity contribution in [2.45, 2.75) is 13.5 Å². The molecule has 6 nitrogen and oxygen atoms in total. The second kappa shape index (κ2) is 5.16. The van der Waals surface area contributed by atoms with Crippen molar-refractivity contribution in [3.63, 3.8) is 0 Å². The van der Waals surface area contributed by atoms with Crippen LogP contribution < -0.4 is 5.73 Å². The van der Waals surface area contributed by atoms with Gasteiger partial charge in [-0.2, -0.15) is 10.4 Å². The minimum absolute atomic E-state index is 0.0924. The summed E-state index contributed by atoms with van der Waals surface area (Å²) in [6, 6.07) is 2.08. The van der Waals surface area contributed by atoms with Crippen molar-refractivity contribution in [2.75, 3.05) is 19.3 Å². The van der Waals surface area contributed by atoms with E-state index in [1.165, 1.54) is 15.8 Å². The van der Waals surface area contributed by atoms with Crippen LogP contribution in [0.3, 0.4) is 0 Å². The lowest BCUT2D eigenvalue weighted by atomic mass is 10.2. The van der Waals surface area contributed by atoms with Crippen molar-refractivity contribution in [2.24, 2.45) is 5.92 Å². The van der Waals surface area contributed by atoms with E-state index < -0.39 is 0 Å². The van der Waals surface area contributed by atoms with Crippen LogP contribution in [0.1, 0.15) is 6.92 Å². The number of nitriles is 1. The first-order valence-corrected chi connectivity index (χ1v) is 4.94. The summed E-state index contributed by atoms with van der Waals surface area (Å²) in [6.07, 6.45) is 3.09. The molecule has 2 N–H and O–H groups in total. The van der Waals surface area contributed by atoms with Crippen LogP contribution in [0.15, 0.2) is 12.4 Å². The fraction of sp³-hybridized carbons (Fsp3) is 0.500. The maximum Gasteiger partial charge on any atom is 0.244 e. The number of carbonyl (C=O) groups is 1. The average Bonchev–Trinajstić information content (AvgIpc) is 2.63. The van der Waals surface area contributed by atoms with Crippen molar-refractivity contribution >= 4 is 11.6 Å². The van der Waals surface area contributed by atoms with Gasteiger partial charge in [0.15, 0.2) is 0 Å². The van der Waals surface area contributed by atoms with E-state index in [9.17, 15) is 4.79 Å². The predicted molar refractivity (Wildman–Crippen MR) is 59.1 cm³/mol. The van der Waals surface area contributed by atoms with Crippen LogP contribution in [0.2, 0.25) is 0 Å². The molecule has 1 atom stereocenters. The van der Waals surface area contributed by atoms with Gasteiger partial charge in [0.2, 0.25) is 5.91 Å². The van der Waals surface area contributed by atoms with Crippen molar-refractivity contribution in [1.29, 1.82) is 5.26 Å². The molecular formula is C10H15N5O. The summed E-state index contributed by atoms with van der Waals surface area (Å²) >= 11 is 0. The predicted octanol–water partition coefficient (Wildman–Crippen LogP) is 0.0834. The summed E-state index contributed by atoms with van der Waals surface area (Å²) in [5.74, 6) is -0.262. The molecule has 0 aromatic carbocycles. The van der Waals surface area contributed by atoms with E-state index in [4.69, 9.17) is 11.0 Å².